The summed E-state index contributed by atoms with van der Waals surface area (Å²) in [6, 6.07) is 29.2. The van der Waals surface area contributed by atoms with Gasteiger partial charge in [0.1, 0.15) is 16.4 Å². The van der Waals surface area contributed by atoms with Gasteiger partial charge in [0.25, 0.3) is 0 Å². The monoisotopic (exact) mass is 463 g/mol. The lowest BCUT2D eigenvalue weighted by atomic mass is 10.2. The third-order valence-electron chi connectivity index (χ3n) is 4.37. The topological polar surface area (TPSA) is 65.0 Å². The predicted molar refractivity (Wildman–Crippen MR) is 126 cm³/mol. The molecule has 5 nitrogen and oxygen atoms in total. The Balaban J connectivity index is 1.53. The fourth-order valence-corrected chi connectivity index (χ4v) is 3.97. The van der Waals surface area contributed by atoms with E-state index in [2.05, 4.69) is 4.99 Å². The summed E-state index contributed by atoms with van der Waals surface area (Å²) in [5, 5.41) is 0.433. The summed E-state index contributed by atoms with van der Waals surface area (Å²) in [4.78, 5) is 4.48. The average molecular weight is 464 g/mol. The standard InChI is InChI=1S/C25H18ClNO4S/c26-20-11-16-25(31-32(28,29)24-9-5-2-6-10-24)19(17-20)18-27-21-12-14-23(15-13-21)30-22-7-3-1-4-8-22/h1-18H. The van der Waals surface area contributed by atoms with E-state index in [0.717, 1.165) is 5.75 Å². The predicted octanol–water partition coefficient (Wildman–Crippen LogP) is 6.65. The Labute approximate surface area is 191 Å². The van der Waals surface area contributed by atoms with Crippen LogP contribution in [0.5, 0.6) is 17.2 Å². The zero-order chi connectivity index (χ0) is 22.4. The Bertz CT molecular complexity index is 1320. The van der Waals surface area contributed by atoms with E-state index in [0.29, 0.717) is 22.0 Å². The second-order valence-electron chi connectivity index (χ2n) is 6.70. The molecule has 0 heterocycles. The number of halogens is 1. The first kappa shape index (κ1) is 21.6. The summed E-state index contributed by atoms with van der Waals surface area (Å²) < 4.78 is 36.3. The van der Waals surface area contributed by atoms with Crippen LogP contribution < -0.4 is 8.92 Å². The largest absolute Gasteiger partial charge is 0.457 e. The summed E-state index contributed by atoms with van der Waals surface area (Å²) in [6.07, 6.45) is 1.51. The molecule has 0 N–H and O–H groups in total. The number of hydrogen-bond donors (Lipinski definition) is 0. The van der Waals surface area contributed by atoms with Crippen LogP contribution in [0, 0.1) is 0 Å². The lowest BCUT2D eigenvalue weighted by Crippen LogP contribution is -2.10. The number of para-hydroxylation sites is 1. The maximum absolute atomic E-state index is 12.6. The van der Waals surface area contributed by atoms with Gasteiger partial charge in [-0.05, 0) is 66.7 Å². The van der Waals surface area contributed by atoms with Gasteiger partial charge in [-0.3, -0.25) is 4.99 Å². The fraction of sp³-hybridized carbons (Fsp3) is 0. The zero-order valence-corrected chi connectivity index (χ0v) is 18.3. The highest BCUT2D eigenvalue weighted by Crippen LogP contribution is 2.27. The van der Waals surface area contributed by atoms with Crippen molar-refractivity contribution in [2.75, 3.05) is 0 Å². The van der Waals surface area contributed by atoms with Gasteiger partial charge in [-0.1, -0.05) is 48.0 Å². The van der Waals surface area contributed by atoms with Crippen LogP contribution in [-0.2, 0) is 10.1 Å². The molecule has 0 amide bonds. The van der Waals surface area contributed by atoms with Crippen LogP contribution in [0.1, 0.15) is 5.56 Å². The molecule has 4 aromatic rings. The quantitative estimate of drug-likeness (QED) is 0.227. The lowest BCUT2D eigenvalue weighted by molar-refractivity contribution is 0.482. The van der Waals surface area contributed by atoms with E-state index in [1.165, 1.54) is 24.4 Å². The Kier molecular flexibility index (Phi) is 6.54. The van der Waals surface area contributed by atoms with Crippen LogP contribution in [0.4, 0.5) is 5.69 Å². The van der Waals surface area contributed by atoms with E-state index in [4.69, 9.17) is 20.5 Å². The van der Waals surface area contributed by atoms with E-state index >= 15 is 0 Å². The van der Waals surface area contributed by atoms with Crippen LogP contribution in [0.25, 0.3) is 0 Å². The molecule has 32 heavy (non-hydrogen) atoms. The highest BCUT2D eigenvalue weighted by molar-refractivity contribution is 7.87. The van der Waals surface area contributed by atoms with Gasteiger partial charge in [0.05, 0.1) is 5.69 Å². The number of hydrogen-bond acceptors (Lipinski definition) is 5. The van der Waals surface area contributed by atoms with Gasteiger partial charge in [0, 0.05) is 16.8 Å². The second kappa shape index (κ2) is 9.68. The number of ether oxygens (including phenoxy) is 1. The summed E-state index contributed by atoms with van der Waals surface area (Å²) in [5.41, 5.74) is 1.09. The minimum Gasteiger partial charge on any atom is -0.457 e. The Morgan fingerprint density at radius 1 is 0.750 bits per heavy atom. The zero-order valence-electron chi connectivity index (χ0n) is 16.8. The first-order valence-electron chi connectivity index (χ1n) is 9.66. The average Bonchev–Trinajstić information content (AvgIpc) is 2.81. The second-order valence-corrected chi connectivity index (χ2v) is 8.68. The van der Waals surface area contributed by atoms with Crippen molar-refractivity contribution in [3.8, 4) is 17.2 Å². The molecular formula is C25H18ClNO4S. The maximum Gasteiger partial charge on any atom is 0.339 e. The minimum atomic E-state index is -3.99. The molecule has 0 aliphatic rings. The molecule has 0 saturated heterocycles. The molecular weight excluding hydrogens is 446 g/mol. The molecule has 0 aromatic heterocycles. The van der Waals surface area contributed by atoms with E-state index in [9.17, 15) is 8.42 Å². The van der Waals surface area contributed by atoms with Crippen molar-refractivity contribution in [3.63, 3.8) is 0 Å². The molecule has 0 unspecified atom stereocenters. The summed E-state index contributed by atoms with van der Waals surface area (Å²) in [7, 11) is -3.99. The van der Waals surface area contributed by atoms with Crippen LogP contribution >= 0.6 is 11.6 Å². The Hall–Kier alpha value is -3.61. The number of nitrogens with zero attached hydrogens (tertiary/aromatic N) is 1. The third-order valence-corrected chi connectivity index (χ3v) is 5.86. The van der Waals surface area contributed by atoms with Gasteiger partial charge < -0.3 is 8.92 Å². The van der Waals surface area contributed by atoms with Gasteiger partial charge in [0.2, 0.25) is 0 Å². The molecule has 0 bridgehead atoms. The van der Waals surface area contributed by atoms with Gasteiger partial charge >= 0.3 is 10.1 Å². The van der Waals surface area contributed by atoms with Gasteiger partial charge in [-0.2, -0.15) is 8.42 Å². The van der Waals surface area contributed by atoms with Crippen molar-refractivity contribution >= 4 is 33.6 Å². The van der Waals surface area contributed by atoms with Crippen LogP contribution in [0.2, 0.25) is 5.02 Å². The minimum absolute atomic E-state index is 0.0619. The van der Waals surface area contributed by atoms with Crippen molar-refractivity contribution < 1.29 is 17.3 Å². The molecule has 4 rings (SSSR count). The lowest BCUT2D eigenvalue weighted by Gasteiger charge is -2.10. The number of rotatable bonds is 7. The van der Waals surface area contributed by atoms with E-state index in [1.807, 2.05) is 30.3 Å². The van der Waals surface area contributed by atoms with E-state index in [1.54, 1.807) is 54.6 Å². The third kappa shape index (κ3) is 5.55. The smallest absolute Gasteiger partial charge is 0.339 e. The molecule has 0 aliphatic carbocycles. The van der Waals surface area contributed by atoms with Gasteiger partial charge in [-0.15, -0.1) is 0 Å². The molecule has 0 fully saturated rings. The van der Waals surface area contributed by atoms with Crippen molar-refractivity contribution in [1.29, 1.82) is 0 Å². The first-order valence-corrected chi connectivity index (χ1v) is 11.4. The fourth-order valence-electron chi connectivity index (χ4n) is 2.82. The maximum atomic E-state index is 12.6. The van der Waals surface area contributed by atoms with Crippen molar-refractivity contribution in [2.45, 2.75) is 4.90 Å². The van der Waals surface area contributed by atoms with Crippen molar-refractivity contribution in [3.05, 3.63) is 114 Å². The molecule has 0 atom stereocenters. The van der Waals surface area contributed by atoms with Crippen LogP contribution in [0.15, 0.2) is 113 Å². The molecule has 0 spiro atoms. The molecule has 160 valence electrons. The van der Waals surface area contributed by atoms with Crippen LogP contribution in [0.3, 0.4) is 0 Å². The van der Waals surface area contributed by atoms with E-state index < -0.39 is 10.1 Å². The van der Waals surface area contributed by atoms with Crippen LogP contribution in [-0.4, -0.2) is 14.6 Å². The summed E-state index contributed by atoms with van der Waals surface area (Å²) in [5.74, 6) is 1.55. The molecule has 4 aromatic carbocycles. The van der Waals surface area contributed by atoms with Gasteiger partial charge in [-0.25, -0.2) is 0 Å². The molecule has 0 aliphatic heterocycles. The van der Waals surface area contributed by atoms with Crippen molar-refractivity contribution in [2.24, 2.45) is 4.99 Å². The first-order chi connectivity index (χ1) is 15.5. The number of benzene rings is 4. The highest BCUT2D eigenvalue weighted by atomic mass is 35.5. The van der Waals surface area contributed by atoms with Crippen molar-refractivity contribution in [1.82, 2.24) is 0 Å². The molecule has 0 saturated carbocycles. The highest BCUT2D eigenvalue weighted by Gasteiger charge is 2.18. The Morgan fingerprint density at radius 2 is 1.38 bits per heavy atom. The van der Waals surface area contributed by atoms with E-state index in [-0.39, 0.29) is 10.6 Å². The summed E-state index contributed by atoms with van der Waals surface area (Å²) >= 11 is 6.10. The Morgan fingerprint density at radius 3 is 2.06 bits per heavy atom. The van der Waals surface area contributed by atoms with Gasteiger partial charge in [0.15, 0.2) is 5.75 Å². The molecule has 7 heteroatoms. The SMILES string of the molecule is O=S(=O)(Oc1ccc(Cl)cc1C=Nc1ccc(Oc2ccccc2)cc1)c1ccccc1. The number of aliphatic imine (C=N–C) groups is 1. The normalized spacial score (nSPS) is 11.4. The summed E-state index contributed by atoms with van der Waals surface area (Å²) in [6.45, 7) is 0. The molecule has 0 radical (unpaired) electrons.